The van der Waals surface area contributed by atoms with Crippen LogP contribution < -0.4 is 10.1 Å². The number of rotatable bonds is 4. The lowest BCUT2D eigenvalue weighted by atomic mass is 10.2. The van der Waals surface area contributed by atoms with Crippen LogP contribution in [0.15, 0.2) is 18.5 Å². The monoisotopic (exact) mass is 330 g/mol. The number of nitrogens with zero attached hydrogens (tertiary/aromatic N) is 3. The summed E-state index contributed by atoms with van der Waals surface area (Å²) >= 11 is 0. The molecule has 128 valence electrons. The van der Waals surface area contributed by atoms with Crippen LogP contribution in [-0.4, -0.2) is 47.2 Å². The smallest absolute Gasteiger partial charge is 0.191 e. The number of fused-ring (bicyclic) bond motifs is 1. The van der Waals surface area contributed by atoms with Crippen LogP contribution in [0, 0.1) is 5.82 Å². The highest BCUT2D eigenvalue weighted by Gasteiger charge is 2.30. The van der Waals surface area contributed by atoms with E-state index in [9.17, 15) is 4.39 Å². The number of anilines is 1. The van der Waals surface area contributed by atoms with Gasteiger partial charge >= 0.3 is 0 Å². The van der Waals surface area contributed by atoms with Gasteiger partial charge in [0.05, 0.1) is 7.11 Å². The number of ether oxygens (including phenoxy) is 1. The van der Waals surface area contributed by atoms with Gasteiger partial charge in [0, 0.05) is 30.6 Å². The van der Waals surface area contributed by atoms with Crippen molar-refractivity contribution in [1.29, 1.82) is 0 Å². The average molecular weight is 330 g/mol. The largest absolute Gasteiger partial charge is 0.494 e. The van der Waals surface area contributed by atoms with Crippen molar-refractivity contribution in [3.63, 3.8) is 0 Å². The van der Waals surface area contributed by atoms with Gasteiger partial charge in [0.15, 0.2) is 11.6 Å². The van der Waals surface area contributed by atoms with Crippen molar-refractivity contribution in [2.24, 2.45) is 0 Å². The molecule has 6 heteroatoms. The zero-order chi connectivity index (χ0) is 16.5. The van der Waals surface area contributed by atoms with Crippen LogP contribution in [0.4, 0.5) is 10.2 Å². The number of halogens is 1. The van der Waals surface area contributed by atoms with Crippen LogP contribution in [0.1, 0.15) is 32.1 Å². The first-order valence-electron chi connectivity index (χ1n) is 8.74. The molecule has 0 unspecified atom stereocenters. The summed E-state index contributed by atoms with van der Waals surface area (Å²) in [6, 6.07) is 4.56. The van der Waals surface area contributed by atoms with E-state index in [0.29, 0.717) is 22.8 Å². The van der Waals surface area contributed by atoms with Crippen molar-refractivity contribution in [1.82, 2.24) is 14.9 Å². The molecule has 0 amide bonds. The average Bonchev–Trinajstić information content (AvgIpc) is 3.27. The Labute approximate surface area is 141 Å². The minimum Gasteiger partial charge on any atom is -0.494 e. The van der Waals surface area contributed by atoms with Gasteiger partial charge in [-0.2, -0.15) is 0 Å². The second-order valence-electron chi connectivity index (χ2n) is 6.76. The number of benzene rings is 1. The fourth-order valence-corrected chi connectivity index (χ4v) is 4.05. The molecule has 0 radical (unpaired) electrons. The van der Waals surface area contributed by atoms with Crippen LogP contribution in [0.5, 0.6) is 5.75 Å². The van der Waals surface area contributed by atoms with Crippen molar-refractivity contribution in [2.45, 2.75) is 44.2 Å². The van der Waals surface area contributed by atoms with Gasteiger partial charge in [-0.1, -0.05) is 12.8 Å². The van der Waals surface area contributed by atoms with E-state index in [0.717, 1.165) is 25.6 Å². The Balaban J connectivity index is 1.53. The van der Waals surface area contributed by atoms with Gasteiger partial charge in [0.2, 0.25) is 0 Å². The van der Waals surface area contributed by atoms with E-state index in [2.05, 4.69) is 20.2 Å². The van der Waals surface area contributed by atoms with E-state index in [1.165, 1.54) is 39.1 Å². The fourth-order valence-electron chi connectivity index (χ4n) is 4.05. The zero-order valence-electron chi connectivity index (χ0n) is 14.0. The van der Waals surface area contributed by atoms with Gasteiger partial charge in [-0.3, -0.25) is 4.90 Å². The standard InChI is InChI=1S/C18H23FN4O/c1-24-15-7-6-14-17(16(15)19)20-11-21-18(14)22-12-8-9-23(10-12)13-4-2-3-5-13/h6-7,11-13H,2-5,8-10H2,1H3,(H,20,21,22)/t12-/m0/s1. The second-order valence-corrected chi connectivity index (χ2v) is 6.76. The Morgan fingerprint density at radius 1 is 1.21 bits per heavy atom. The number of hydrogen-bond donors (Lipinski definition) is 1. The minimum absolute atomic E-state index is 0.209. The van der Waals surface area contributed by atoms with E-state index < -0.39 is 5.82 Å². The Kier molecular flexibility index (Phi) is 4.22. The molecule has 1 aliphatic heterocycles. The minimum atomic E-state index is -0.431. The van der Waals surface area contributed by atoms with E-state index in [-0.39, 0.29) is 5.75 Å². The first kappa shape index (κ1) is 15.6. The van der Waals surface area contributed by atoms with Gasteiger partial charge in [-0.25, -0.2) is 14.4 Å². The zero-order valence-corrected chi connectivity index (χ0v) is 14.0. The predicted molar refractivity (Wildman–Crippen MR) is 91.9 cm³/mol. The molecule has 1 saturated heterocycles. The second kappa shape index (κ2) is 6.51. The van der Waals surface area contributed by atoms with Crippen LogP contribution in [0.25, 0.3) is 10.9 Å². The molecule has 5 nitrogen and oxygen atoms in total. The number of methoxy groups -OCH3 is 1. The summed E-state index contributed by atoms with van der Waals surface area (Å²) in [7, 11) is 1.46. The summed E-state index contributed by atoms with van der Waals surface area (Å²) in [6.07, 6.45) is 7.88. The maximum Gasteiger partial charge on any atom is 0.191 e. The molecular formula is C18H23FN4O. The molecule has 24 heavy (non-hydrogen) atoms. The summed E-state index contributed by atoms with van der Waals surface area (Å²) in [5.41, 5.74) is 0.303. The van der Waals surface area contributed by atoms with Crippen molar-refractivity contribution in [3.05, 3.63) is 24.3 Å². The molecule has 1 N–H and O–H groups in total. The maximum absolute atomic E-state index is 14.4. The maximum atomic E-state index is 14.4. The lowest BCUT2D eigenvalue weighted by Crippen LogP contribution is -2.33. The third-order valence-corrected chi connectivity index (χ3v) is 5.33. The summed E-state index contributed by atoms with van der Waals surface area (Å²) in [4.78, 5) is 11.0. The normalized spacial score (nSPS) is 22.3. The summed E-state index contributed by atoms with van der Waals surface area (Å²) in [6.45, 7) is 2.17. The van der Waals surface area contributed by atoms with E-state index >= 15 is 0 Å². The SMILES string of the molecule is COc1ccc2c(N[C@H]3CCN(C4CCCC4)C3)ncnc2c1F. The Morgan fingerprint density at radius 2 is 2.04 bits per heavy atom. The highest BCUT2D eigenvalue weighted by Crippen LogP contribution is 2.30. The number of likely N-dealkylation sites (tertiary alicyclic amines) is 1. The van der Waals surface area contributed by atoms with Crippen LogP contribution in [0.2, 0.25) is 0 Å². The molecule has 1 aliphatic carbocycles. The lowest BCUT2D eigenvalue weighted by molar-refractivity contribution is 0.245. The van der Waals surface area contributed by atoms with Gasteiger partial charge in [0.25, 0.3) is 0 Å². The van der Waals surface area contributed by atoms with Gasteiger partial charge in [-0.15, -0.1) is 0 Å². The predicted octanol–water partition coefficient (Wildman–Crippen LogP) is 3.21. The Bertz CT molecular complexity index is 732. The molecule has 2 heterocycles. The third kappa shape index (κ3) is 2.79. The molecule has 0 bridgehead atoms. The highest BCUT2D eigenvalue weighted by atomic mass is 19.1. The van der Waals surface area contributed by atoms with E-state index in [4.69, 9.17) is 4.74 Å². The summed E-state index contributed by atoms with van der Waals surface area (Å²) < 4.78 is 19.4. The van der Waals surface area contributed by atoms with E-state index in [1.807, 2.05) is 6.07 Å². The van der Waals surface area contributed by atoms with Crippen LogP contribution in [0.3, 0.4) is 0 Å². The molecule has 4 rings (SSSR count). The molecule has 1 aromatic carbocycles. The van der Waals surface area contributed by atoms with Gasteiger partial charge < -0.3 is 10.1 Å². The molecule has 2 aromatic rings. The molecule has 1 atom stereocenters. The molecule has 1 aromatic heterocycles. The highest BCUT2D eigenvalue weighted by molar-refractivity contribution is 5.90. The molecular weight excluding hydrogens is 307 g/mol. The molecule has 0 spiro atoms. The van der Waals surface area contributed by atoms with Crippen molar-refractivity contribution < 1.29 is 9.13 Å². The Hall–Kier alpha value is -1.95. The number of hydrogen-bond acceptors (Lipinski definition) is 5. The topological polar surface area (TPSA) is 50.3 Å². The third-order valence-electron chi connectivity index (χ3n) is 5.33. The number of nitrogens with one attached hydrogen (secondary N) is 1. The van der Waals surface area contributed by atoms with Crippen LogP contribution >= 0.6 is 0 Å². The van der Waals surface area contributed by atoms with Crippen molar-refractivity contribution in [2.75, 3.05) is 25.5 Å². The van der Waals surface area contributed by atoms with Crippen LogP contribution in [-0.2, 0) is 0 Å². The van der Waals surface area contributed by atoms with Crippen molar-refractivity contribution in [3.8, 4) is 5.75 Å². The lowest BCUT2D eigenvalue weighted by Gasteiger charge is -2.23. The van der Waals surface area contributed by atoms with Crippen molar-refractivity contribution >= 4 is 16.7 Å². The molecule has 2 fully saturated rings. The molecule has 2 aliphatic rings. The van der Waals surface area contributed by atoms with E-state index in [1.54, 1.807) is 6.07 Å². The van der Waals surface area contributed by atoms with Gasteiger partial charge in [0.1, 0.15) is 17.7 Å². The fraction of sp³-hybridized carbons (Fsp3) is 0.556. The quantitative estimate of drug-likeness (QED) is 0.933. The summed E-state index contributed by atoms with van der Waals surface area (Å²) in [5.74, 6) is 0.486. The first-order valence-corrected chi connectivity index (χ1v) is 8.74. The first-order chi connectivity index (χ1) is 11.8. The van der Waals surface area contributed by atoms with Gasteiger partial charge in [-0.05, 0) is 31.4 Å². The summed E-state index contributed by atoms with van der Waals surface area (Å²) in [5, 5.41) is 4.21. The molecule has 1 saturated carbocycles. The number of aromatic nitrogens is 2. The Morgan fingerprint density at radius 3 is 2.83 bits per heavy atom.